The number of rotatable bonds is 7. The first kappa shape index (κ1) is 24.5. The van der Waals surface area contributed by atoms with Gasteiger partial charge in [-0.3, -0.25) is 19.5 Å². The molecule has 35 heavy (non-hydrogen) atoms. The van der Waals surface area contributed by atoms with Crippen molar-refractivity contribution in [3.8, 4) is 11.3 Å². The lowest BCUT2D eigenvalue weighted by molar-refractivity contribution is -0.141. The summed E-state index contributed by atoms with van der Waals surface area (Å²) in [5.74, 6) is -0.727. The molecule has 3 N–H and O–H groups in total. The van der Waals surface area contributed by atoms with Gasteiger partial charge >= 0.3 is 6.18 Å². The third kappa shape index (κ3) is 5.09. The minimum absolute atomic E-state index is 0.00828. The molecule has 184 valence electrons. The molecule has 2 heterocycles. The second kappa shape index (κ2) is 8.56. The molecule has 3 aromatic rings. The molecule has 2 aromatic heterocycles. The molecule has 1 amide bonds. The van der Waals surface area contributed by atoms with E-state index in [0.717, 1.165) is 0 Å². The Hall–Kier alpha value is -3.61. The number of carbonyl (C=O) groups is 1. The summed E-state index contributed by atoms with van der Waals surface area (Å²) >= 11 is 0. The lowest BCUT2D eigenvalue weighted by atomic mass is 9.77. The molecule has 0 saturated heterocycles. The van der Waals surface area contributed by atoms with Gasteiger partial charge in [-0.05, 0) is 30.5 Å². The summed E-state index contributed by atoms with van der Waals surface area (Å²) in [7, 11) is -3.59. The molecule has 1 aliphatic rings. The van der Waals surface area contributed by atoms with Crippen LogP contribution in [0.25, 0.3) is 11.3 Å². The fourth-order valence-electron chi connectivity index (χ4n) is 3.53. The van der Waals surface area contributed by atoms with Crippen LogP contribution in [0.4, 0.5) is 19.0 Å². The normalized spacial score (nSPS) is 14.5. The average Bonchev–Trinajstić information content (AvgIpc) is 3.64. The molecule has 13 heteroatoms. The smallest absolute Gasteiger partial charge is 0.366 e. The Morgan fingerprint density at radius 3 is 2.31 bits per heavy atom. The largest absolute Gasteiger partial charge is 0.434 e. The number of amides is 1. The SMILES string of the molecule is CC(C)(c1cncc(NS(=O)(=O)C2CC2)n1)c1cc(C(N)=O)ccc1-c1cncc(C(F)(F)F)n1. The summed E-state index contributed by atoms with van der Waals surface area (Å²) in [6.45, 7) is 3.42. The molecule has 0 radical (unpaired) electrons. The first-order chi connectivity index (χ1) is 16.3. The number of alkyl halides is 3. The highest BCUT2D eigenvalue weighted by Crippen LogP contribution is 2.38. The molecule has 1 saturated carbocycles. The van der Waals surface area contributed by atoms with Crippen LogP contribution in [-0.4, -0.2) is 39.5 Å². The molecule has 0 spiro atoms. The van der Waals surface area contributed by atoms with Crippen LogP contribution in [0.3, 0.4) is 0 Å². The van der Waals surface area contributed by atoms with Gasteiger partial charge < -0.3 is 5.73 Å². The van der Waals surface area contributed by atoms with Crippen molar-refractivity contribution in [3.63, 3.8) is 0 Å². The Bertz CT molecular complexity index is 1410. The third-order valence-electron chi connectivity index (χ3n) is 5.66. The number of nitrogens with two attached hydrogens (primary N) is 1. The third-order valence-corrected chi connectivity index (χ3v) is 7.51. The molecule has 0 aliphatic heterocycles. The molecular formula is C22H21F3N6O3S. The first-order valence-corrected chi connectivity index (χ1v) is 12.0. The van der Waals surface area contributed by atoms with Gasteiger partial charge in [-0.2, -0.15) is 13.2 Å². The number of hydrogen-bond acceptors (Lipinski definition) is 7. The number of anilines is 1. The number of halogens is 3. The minimum atomic E-state index is -4.70. The number of hydrogen-bond donors (Lipinski definition) is 2. The van der Waals surface area contributed by atoms with Crippen LogP contribution >= 0.6 is 0 Å². The predicted molar refractivity (Wildman–Crippen MR) is 121 cm³/mol. The molecule has 1 aliphatic carbocycles. The lowest BCUT2D eigenvalue weighted by Crippen LogP contribution is -2.25. The van der Waals surface area contributed by atoms with Crippen LogP contribution in [0.2, 0.25) is 0 Å². The molecule has 0 bridgehead atoms. The van der Waals surface area contributed by atoms with Crippen LogP contribution < -0.4 is 10.5 Å². The van der Waals surface area contributed by atoms with E-state index in [1.165, 1.54) is 36.8 Å². The Kier molecular flexibility index (Phi) is 5.99. The van der Waals surface area contributed by atoms with Crippen LogP contribution in [0.1, 0.15) is 54.0 Å². The second-order valence-electron chi connectivity index (χ2n) is 8.67. The summed E-state index contributed by atoms with van der Waals surface area (Å²) in [5.41, 5.74) is 4.20. The van der Waals surface area contributed by atoms with E-state index in [1.807, 2.05) is 0 Å². The lowest BCUT2D eigenvalue weighted by Gasteiger charge is -2.28. The number of nitrogens with zero attached hydrogens (tertiary/aromatic N) is 4. The number of nitrogens with one attached hydrogen (secondary N) is 1. The van der Waals surface area contributed by atoms with Gasteiger partial charge in [-0.1, -0.05) is 19.9 Å². The molecule has 1 aromatic carbocycles. The van der Waals surface area contributed by atoms with E-state index >= 15 is 0 Å². The van der Waals surface area contributed by atoms with Gasteiger partial charge in [0.05, 0.1) is 35.2 Å². The highest BCUT2D eigenvalue weighted by atomic mass is 32.2. The standard InChI is InChI=1S/C22H21F3N6O3S/c1-21(2,17-9-28-11-19(30-17)31-35(33,34)13-4-5-13)15-7-12(20(26)32)3-6-14(15)16-8-27-10-18(29-16)22(23,24)25/h3,6-11,13H,4-5H2,1-2H3,(H2,26,32)(H,30,31). The molecule has 9 nitrogen and oxygen atoms in total. The molecule has 0 atom stereocenters. The summed E-state index contributed by atoms with van der Waals surface area (Å²) in [4.78, 5) is 27.8. The quantitative estimate of drug-likeness (QED) is 0.501. The van der Waals surface area contributed by atoms with E-state index in [0.29, 0.717) is 30.3 Å². The second-order valence-corrected chi connectivity index (χ2v) is 10.6. The van der Waals surface area contributed by atoms with Crippen LogP contribution in [0.15, 0.2) is 43.0 Å². The first-order valence-electron chi connectivity index (χ1n) is 10.5. The van der Waals surface area contributed by atoms with Gasteiger partial charge in [-0.15, -0.1) is 0 Å². The van der Waals surface area contributed by atoms with Gasteiger partial charge in [0, 0.05) is 22.7 Å². The number of benzene rings is 1. The van der Waals surface area contributed by atoms with Crippen molar-refractivity contribution in [1.29, 1.82) is 0 Å². The summed E-state index contributed by atoms with van der Waals surface area (Å²) in [6.07, 6.45) is 0.897. The summed E-state index contributed by atoms with van der Waals surface area (Å²) < 4.78 is 66.8. The zero-order valence-corrected chi connectivity index (χ0v) is 19.5. The van der Waals surface area contributed by atoms with Crippen molar-refractivity contribution in [2.45, 2.75) is 43.5 Å². The van der Waals surface area contributed by atoms with Crippen molar-refractivity contribution < 1.29 is 26.4 Å². The van der Waals surface area contributed by atoms with Crippen molar-refractivity contribution in [2.24, 2.45) is 5.73 Å². The van der Waals surface area contributed by atoms with E-state index < -0.39 is 38.5 Å². The number of aromatic nitrogens is 4. The van der Waals surface area contributed by atoms with Gasteiger partial charge in [-0.25, -0.2) is 18.4 Å². The van der Waals surface area contributed by atoms with Crippen molar-refractivity contribution in [3.05, 3.63) is 65.5 Å². The Labute approximate surface area is 199 Å². The summed E-state index contributed by atoms with van der Waals surface area (Å²) in [5, 5.41) is -0.473. The monoisotopic (exact) mass is 506 g/mol. The Balaban J connectivity index is 1.83. The Morgan fingerprint density at radius 1 is 1.03 bits per heavy atom. The van der Waals surface area contributed by atoms with Gasteiger partial charge in [0.1, 0.15) is 0 Å². The zero-order chi connectivity index (χ0) is 25.6. The zero-order valence-electron chi connectivity index (χ0n) is 18.7. The van der Waals surface area contributed by atoms with Gasteiger partial charge in [0.25, 0.3) is 0 Å². The van der Waals surface area contributed by atoms with Crippen molar-refractivity contribution >= 4 is 21.7 Å². The van der Waals surface area contributed by atoms with E-state index in [-0.39, 0.29) is 22.6 Å². The van der Waals surface area contributed by atoms with E-state index in [1.54, 1.807) is 13.8 Å². The molecule has 4 rings (SSSR count). The average molecular weight is 507 g/mol. The highest BCUT2D eigenvalue weighted by Gasteiger charge is 2.37. The number of primary amides is 1. The van der Waals surface area contributed by atoms with Crippen LogP contribution in [-0.2, 0) is 21.6 Å². The maximum atomic E-state index is 13.3. The van der Waals surface area contributed by atoms with Crippen molar-refractivity contribution in [2.75, 3.05) is 4.72 Å². The van der Waals surface area contributed by atoms with E-state index in [9.17, 15) is 26.4 Å². The highest BCUT2D eigenvalue weighted by molar-refractivity contribution is 7.93. The molecular weight excluding hydrogens is 485 g/mol. The topological polar surface area (TPSA) is 141 Å². The van der Waals surface area contributed by atoms with E-state index in [2.05, 4.69) is 24.7 Å². The molecule has 0 unspecified atom stereocenters. The van der Waals surface area contributed by atoms with Crippen molar-refractivity contribution in [1.82, 2.24) is 19.9 Å². The van der Waals surface area contributed by atoms with Crippen LogP contribution in [0.5, 0.6) is 0 Å². The van der Waals surface area contributed by atoms with Gasteiger partial charge in [0.2, 0.25) is 15.9 Å². The number of sulfonamides is 1. The van der Waals surface area contributed by atoms with Crippen LogP contribution in [0, 0.1) is 0 Å². The maximum Gasteiger partial charge on any atom is 0.434 e. The number of carbonyl (C=O) groups excluding carboxylic acids is 1. The predicted octanol–water partition coefficient (Wildman–Crippen LogP) is 3.28. The fourth-order valence-corrected chi connectivity index (χ4v) is 4.85. The Morgan fingerprint density at radius 2 is 1.69 bits per heavy atom. The van der Waals surface area contributed by atoms with Gasteiger partial charge in [0.15, 0.2) is 11.5 Å². The maximum absolute atomic E-state index is 13.3. The molecule has 1 fully saturated rings. The fraction of sp³-hybridized carbons (Fsp3) is 0.318. The summed E-state index contributed by atoms with van der Waals surface area (Å²) in [6, 6.07) is 4.27. The van der Waals surface area contributed by atoms with E-state index in [4.69, 9.17) is 5.73 Å². The minimum Gasteiger partial charge on any atom is -0.366 e.